The van der Waals surface area contributed by atoms with Crippen LogP contribution in [0.3, 0.4) is 0 Å². The third kappa shape index (κ3) is 4.57. The number of rotatable bonds is 2. The SMILES string of the molecule is CC(C)(C)C(=O)N1CCC(C(=O)N2CCN(c3ccccc3Cl)CC2)CC1. The summed E-state index contributed by atoms with van der Waals surface area (Å²) in [5.74, 6) is 0.472. The topological polar surface area (TPSA) is 43.9 Å². The molecule has 1 aromatic rings. The highest BCUT2D eigenvalue weighted by atomic mass is 35.5. The Kier molecular flexibility index (Phi) is 5.99. The van der Waals surface area contributed by atoms with Gasteiger partial charge in [0, 0.05) is 50.6 Å². The van der Waals surface area contributed by atoms with Crippen LogP contribution >= 0.6 is 11.6 Å². The van der Waals surface area contributed by atoms with E-state index in [1.165, 1.54) is 0 Å². The Morgan fingerprint density at radius 2 is 1.52 bits per heavy atom. The molecular formula is C21H30ClN3O2. The highest BCUT2D eigenvalue weighted by molar-refractivity contribution is 6.33. The van der Waals surface area contributed by atoms with Gasteiger partial charge >= 0.3 is 0 Å². The number of carbonyl (C=O) groups is 2. The van der Waals surface area contributed by atoms with Crippen LogP contribution in [0.15, 0.2) is 24.3 Å². The van der Waals surface area contributed by atoms with Crippen LogP contribution in [0.2, 0.25) is 5.02 Å². The summed E-state index contributed by atoms with van der Waals surface area (Å²) in [5.41, 5.74) is 0.687. The Morgan fingerprint density at radius 3 is 2.07 bits per heavy atom. The average molecular weight is 392 g/mol. The lowest BCUT2D eigenvalue weighted by atomic mass is 9.90. The second-order valence-corrected chi connectivity index (χ2v) is 8.99. The minimum atomic E-state index is -0.355. The molecule has 2 aliphatic rings. The van der Waals surface area contributed by atoms with Gasteiger partial charge in [-0.1, -0.05) is 44.5 Å². The predicted molar refractivity (Wildman–Crippen MR) is 109 cm³/mol. The van der Waals surface area contributed by atoms with Gasteiger partial charge in [-0.3, -0.25) is 9.59 Å². The van der Waals surface area contributed by atoms with Crippen LogP contribution in [0.5, 0.6) is 0 Å². The number of carbonyl (C=O) groups excluding carboxylic acids is 2. The van der Waals surface area contributed by atoms with Gasteiger partial charge in [-0.05, 0) is 25.0 Å². The number of piperazine rings is 1. The largest absolute Gasteiger partial charge is 0.367 e. The number of para-hydroxylation sites is 1. The fourth-order valence-electron chi connectivity index (χ4n) is 3.94. The van der Waals surface area contributed by atoms with Crippen molar-refractivity contribution in [3.05, 3.63) is 29.3 Å². The number of hydrogen-bond acceptors (Lipinski definition) is 3. The first kappa shape index (κ1) is 20.0. The molecule has 2 saturated heterocycles. The number of benzene rings is 1. The van der Waals surface area contributed by atoms with Crippen molar-refractivity contribution >= 4 is 29.1 Å². The number of hydrogen-bond donors (Lipinski definition) is 0. The summed E-state index contributed by atoms with van der Waals surface area (Å²) in [5, 5.41) is 0.758. The first-order valence-electron chi connectivity index (χ1n) is 9.85. The van der Waals surface area contributed by atoms with Gasteiger partial charge in [0.25, 0.3) is 0 Å². The predicted octanol–water partition coefficient (Wildman–Crippen LogP) is 3.27. The molecule has 0 aromatic heterocycles. The van der Waals surface area contributed by atoms with Gasteiger partial charge < -0.3 is 14.7 Å². The van der Waals surface area contributed by atoms with Crippen molar-refractivity contribution in [2.75, 3.05) is 44.2 Å². The molecule has 0 radical (unpaired) electrons. The van der Waals surface area contributed by atoms with E-state index in [1.807, 2.05) is 54.8 Å². The van der Waals surface area contributed by atoms with Gasteiger partial charge in [-0.25, -0.2) is 0 Å². The standard InChI is InChI=1S/C21H30ClN3O2/c1-21(2,3)20(27)25-10-8-16(9-11-25)19(26)24-14-12-23(13-15-24)18-7-5-4-6-17(18)22/h4-7,16H,8-15H2,1-3H3. The third-order valence-corrected chi connectivity index (χ3v) is 5.88. The van der Waals surface area contributed by atoms with Gasteiger partial charge in [-0.2, -0.15) is 0 Å². The van der Waals surface area contributed by atoms with E-state index in [2.05, 4.69) is 4.90 Å². The van der Waals surface area contributed by atoms with Crippen LogP contribution < -0.4 is 4.90 Å². The minimum absolute atomic E-state index is 0.0425. The average Bonchev–Trinajstić information content (AvgIpc) is 2.67. The lowest BCUT2D eigenvalue weighted by Gasteiger charge is -2.40. The molecule has 2 fully saturated rings. The maximum absolute atomic E-state index is 12.9. The van der Waals surface area contributed by atoms with Crippen LogP contribution in [-0.4, -0.2) is 60.9 Å². The molecule has 2 aliphatic heterocycles. The first-order chi connectivity index (χ1) is 12.8. The van der Waals surface area contributed by atoms with Crippen molar-refractivity contribution in [2.45, 2.75) is 33.6 Å². The Hall–Kier alpha value is -1.75. The number of halogens is 1. The molecule has 5 nitrogen and oxygen atoms in total. The van der Waals surface area contributed by atoms with E-state index in [4.69, 9.17) is 11.6 Å². The highest BCUT2D eigenvalue weighted by Gasteiger charge is 2.34. The quantitative estimate of drug-likeness (QED) is 0.777. The molecule has 0 atom stereocenters. The molecular weight excluding hydrogens is 362 g/mol. The van der Waals surface area contributed by atoms with E-state index in [-0.39, 0.29) is 23.1 Å². The zero-order chi connectivity index (χ0) is 19.6. The second-order valence-electron chi connectivity index (χ2n) is 8.58. The molecule has 0 N–H and O–H groups in total. The first-order valence-corrected chi connectivity index (χ1v) is 10.2. The molecule has 1 aromatic carbocycles. The summed E-state index contributed by atoms with van der Waals surface area (Å²) < 4.78 is 0. The zero-order valence-electron chi connectivity index (χ0n) is 16.6. The van der Waals surface area contributed by atoms with Gasteiger partial charge in [0.15, 0.2) is 0 Å². The molecule has 6 heteroatoms. The van der Waals surface area contributed by atoms with Crippen LogP contribution in [-0.2, 0) is 9.59 Å². The van der Waals surface area contributed by atoms with Crippen molar-refractivity contribution < 1.29 is 9.59 Å². The number of likely N-dealkylation sites (tertiary alicyclic amines) is 1. The molecule has 2 amide bonds. The van der Waals surface area contributed by atoms with Gasteiger partial charge in [0.2, 0.25) is 11.8 Å². The third-order valence-electron chi connectivity index (χ3n) is 5.56. The molecule has 0 saturated carbocycles. The normalized spacial score (nSPS) is 19.3. The van der Waals surface area contributed by atoms with Crippen molar-refractivity contribution in [2.24, 2.45) is 11.3 Å². The van der Waals surface area contributed by atoms with E-state index in [9.17, 15) is 9.59 Å². The fourth-order valence-corrected chi connectivity index (χ4v) is 4.19. The van der Waals surface area contributed by atoms with E-state index >= 15 is 0 Å². The van der Waals surface area contributed by atoms with Crippen LogP contribution in [0.4, 0.5) is 5.69 Å². The zero-order valence-corrected chi connectivity index (χ0v) is 17.3. The molecule has 0 bridgehead atoms. The smallest absolute Gasteiger partial charge is 0.227 e. The highest BCUT2D eigenvalue weighted by Crippen LogP contribution is 2.28. The summed E-state index contributed by atoms with van der Waals surface area (Å²) in [6, 6.07) is 7.86. The fraction of sp³-hybridized carbons (Fsp3) is 0.619. The lowest BCUT2D eigenvalue weighted by molar-refractivity contribution is -0.145. The number of piperidine rings is 1. The Balaban J connectivity index is 1.50. The summed E-state index contributed by atoms with van der Waals surface area (Å²) in [6.45, 7) is 10.3. The van der Waals surface area contributed by atoms with Gasteiger partial charge in [0.05, 0.1) is 10.7 Å². The molecule has 2 heterocycles. The Labute approximate surface area is 167 Å². The van der Waals surface area contributed by atoms with Crippen molar-refractivity contribution in [3.63, 3.8) is 0 Å². The molecule has 3 rings (SSSR count). The number of nitrogens with zero attached hydrogens (tertiary/aromatic N) is 3. The number of amides is 2. The van der Waals surface area contributed by atoms with Crippen molar-refractivity contribution in [1.82, 2.24) is 9.80 Å². The Bertz CT molecular complexity index is 685. The summed E-state index contributed by atoms with van der Waals surface area (Å²) in [6.07, 6.45) is 1.54. The number of anilines is 1. The second kappa shape index (κ2) is 8.09. The van der Waals surface area contributed by atoms with Crippen molar-refractivity contribution in [1.29, 1.82) is 0 Å². The summed E-state index contributed by atoms with van der Waals surface area (Å²) in [7, 11) is 0. The molecule has 148 valence electrons. The molecule has 0 aliphatic carbocycles. The van der Waals surface area contributed by atoms with E-state index in [1.54, 1.807) is 0 Å². The van der Waals surface area contributed by atoms with E-state index < -0.39 is 0 Å². The molecule has 0 unspecified atom stereocenters. The van der Waals surface area contributed by atoms with E-state index in [0.29, 0.717) is 13.1 Å². The lowest BCUT2D eigenvalue weighted by Crippen LogP contribution is -2.52. The van der Waals surface area contributed by atoms with Crippen LogP contribution in [0.25, 0.3) is 0 Å². The van der Waals surface area contributed by atoms with Crippen LogP contribution in [0, 0.1) is 11.3 Å². The monoisotopic (exact) mass is 391 g/mol. The summed E-state index contributed by atoms with van der Waals surface area (Å²) in [4.78, 5) is 31.5. The van der Waals surface area contributed by atoms with Gasteiger partial charge in [0.1, 0.15) is 0 Å². The summed E-state index contributed by atoms with van der Waals surface area (Å²) >= 11 is 6.30. The maximum atomic E-state index is 12.9. The maximum Gasteiger partial charge on any atom is 0.227 e. The molecule has 27 heavy (non-hydrogen) atoms. The van der Waals surface area contributed by atoms with Crippen molar-refractivity contribution in [3.8, 4) is 0 Å². The Morgan fingerprint density at radius 1 is 0.926 bits per heavy atom. The van der Waals surface area contributed by atoms with Gasteiger partial charge in [-0.15, -0.1) is 0 Å². The van der Waals surface area contributed by atoms with E-state index in [0.717, 1.165) is 49.7 Å². The molecule has 0 spiro atoms. The minimum Gasteiger partial charge on any atom is -0.367 e. The van der Waals surface area contributed by atoms with Crippen LogP contribution in [0.1, 0.15) is 33.6 Å².